The first kappa shape index (κ1) is 14.7. The quantitative estimate of drug-likeness (QED) is 0.639. The number of nitriles is 1. The Hall–Kier alpha value is -2.68. The number of benzene rings is 2. The average molecular weight is 293 g/mol. The molecule has 0 N–H and O–H groups in total. The van der Waals surface area contributed by atoms with Crippen LogP contribution >= 0.6 is 0 Å². The third-order valence-corrected chi connectivity index (χ3v) is 2.86. The maximum Gasteiger partial charge on any atom is 0.187 e. The number of halogens is 4. The van der Waals surface area contributed by atoms with Crippen molar-refractivity contribution in [3.05, 3.63) is 70.8 Å². The van der Waals surface area contributed by atoms with Crippen LogP contribution in [0.3, 0.4) is 0 Å². The van der Waals surface area contributed by atoms with Crippen molar-refractivity contribution in [2.45, 2.75) is 5.92 Å². The van der Waals surface area contributed by atoms with Crippen LogP contribution in [0.4, 0.5) is 17.6 Å². The van der Waals surface area contributed by atoms with E-state index in [1.54, 1.807) is 0 Å². The Kier molecular flexibility index (Phi) is 4.03. The molecule has 2 aromatic carbocycles. The van der Waals surface area contributed by atoms with Crippen LogP contribution in [0.1, 0.15) is 21.8 Å². The maximum atomic E-state index is 13.6. The lowest BCUT2D eigenvalue weighted by Crippen LogP contribution is -2.15. The van der Waals surface area contributed by atoms with Gasteiger partial charge in [0.05, 0.1) is 11.6 Å². The zero-order valence-corrected chi connectivity index (χ0v) is 10.4. The van der Waals surface area contributed by atoms with Gasteiger partial charge in [-0.15, -0.1) is 0 Å². The van der Waals surface area contributed by atoms with E-state index < -0.39 is 46.1 Å². The smallest absolute Gasteiger partial charge is 0.187 e. The van der Waals surface area contributed by atoms with Crippen molar-refractivity contribution in [3.63, 3.8) is 0 Å². The number of hydrogen-bond donors (Lipinski definition) is 0. The van der Waals surface area contributed by atoms with Crippen LogP contribution in [0.5, 0.6) is 0 Å². The Morgan fingerprint density at radius 1 is 0.952 bits per heavy atom. The summed E-state index contributed by atoms with van der Waals surface area (Å²) in [6.07, 6.45) is 0. The van der Waals surface area contributed by atoms with Crippen molar-refractivity contribution >= 4 is 5.78 Å². The number of ketones is 1. The summed E-state index contributed by atoms with van der Waals surface area (Å²) in [5.74, 6) is -6.66. The molecule has 0 aromatic heterocycles. The molecule has 2 rings (SSSR count). The van der Waals surface area contributed by atoms with E-state index in [1.165, 1.54) is 6.07 Å². The van der Waals surface area contributed by atoms with Crippen molar-refractivity contribution in [1.82, 2.24) is 0 Å². The zero-order valence-electron chi connectivity index (χ0n) is 10.4. The maximum absolute atomic E-state index is 13.6. The lowest BCUT2D eigenvalue weighted by Gasteiger charge is -2.10. The Balaban J connectivity index is 2.49. The second-order valence-electron chi connectivity index (χ2n) is 4.22. The summed E-state index contributed by atoms with van der Waals surface area (Å²) in [5, 5.41) is 9.02. The van der Waals surface area contributed by atoms with Gasteiger partial charge in [0.1, 0.15) is 29.2 Å². The van der Waals surface area contributed by atoms with Crippen LogP contribution in [0.15, 0.2) is 36.4 Å². The largest absolute Gasteiger partial charge is 0.292 e. The Labute approximate surface area is 117 Å². The average Bonchev–Trinajstić information content (AvgIpc) is 2.44. The summed E-state index contributed by atoms with van der Waals surface area (Å²) in [6.45, 7) is 0. The van der Waals surface area contributed by atoms with E-state index in [0.717, 1.165) is 24.3 Å². The molecule has 21 heavy (non-hydrogen) atoms. The summed E-state index contributed by atoms with van der Waals surface area (Å²) in [5.41, 5.74) is -1.06. The van der Waals surface area contributed by atoms with Crippen LogP contribution in [0, 0.1) is 34.6 Å². The highest BCUT2D eigenvalue weighted by Crippen LogP contribution is 2.25. The minimum Gasteiger partial charge on any atom is -0.292 e. The molecule has 0 amide bonds. The molecule has 0 spiro atoms. The van der Waals surface area contributed by atoms with E-state index in [2.05, 4.69) is 0 Å². The first-order valence-corrected chi connectivity index (χ1v) is 5.78. The summed E-state index contributed by atoms with van der Waals surface area (Å²) in [4.78, 5) is 12.1. The summed E-state index contributed by atoms with van der Waals surface area (Å²) >= 11 is 0. The number of carbonyl (C=O) groups is 1. The van der Waals surface area contributed by atoms with Gasteiger partial charge in [0, 0.05) is 11.6 Å². The molecule has 0 aliphatic heterocycles. The van der Waals surface area contributed by atoms with E-state index in [9.17, 15) is 22.4 Å². The SMILES string of the molecule is N#CC(C(=O)c1cc(F)ccc1F)c1ccc(F)cc1F. The third-order valence-electron chi connectivity index (χ3n) is 2.86. The molecule has 0 radical (unpaired) electrons. The molecule has 1 unspecified atom stereocenters. The van der Waals surface area contributed by atoms with Gasteiger partial charge >= 0.3 is 0 Å². The molecular weight excluding hydrogens is 286 g/mol. The van der Waals surface area contributed by atoms with Crippen LogP contribution in [0.2, 0.25) is 0 Å². The lowest BCUT2D eigenvalue weighted by atomic mass is 9.91. The summed E-state index contributed by atoms with van der Waals surface area (Å²) in [6, 6.07) is 6.00. The van der Waals surface area contributed by atoms with Crippen molar-refractivity contribution in [2.24, 2.45) is 0 Å². The van der Waals surface area contributed by atoms with Crippen LogP contribution in [-0.4, -0.2) is 5.78 Å². The zero-order chi connectivity index (χ0) is 15.6. The van der Waals surface area contributed by atoms with Gasteiger partial charge in [-0.2, -0.15) is 5.26 Å². The molecule has 0 aliphatic carbocycles. The van der Waals surface area contributed by atoms with E-state index in [0.29, 0.717) is 12.1 Å². The van der Waals surface area contributed by atoms with E-state index >= 15 is 0 Å². The fourth-order valence-corrected chi connectivity index (χ4v) is 1.85. The van der Waals surface area contributed by atoms with Crippen LogP contribution in [0.25, 0.3) is 0 Å². The van der Waals surface area contributed by atoms with Gasteiger partial charge < -0.3 is 0 Å². The Morgan fingerprint density at radius 2 is 1.57 bits per heavy atom. The normalized spacial score (nSPS) is 11.8. The summed E-state index contributed by atoms with van der Waals surface area (Å²) < 4.78 is 53.1. The highest BCUT2D eigenvalue weighted by Gasteiger charge is 2.27. The number of nitrogens with zero attached hydrogens (tertiary/aromatic N) is 1. The van der Waals surface area contributed by atoms with Gasteiger partial charge in [0.25, 0.3) is 0 Å². The van der Waals surface area contributed by atoms with Crippen molar-refractivity contribution in [1.29, 1.82) is 5.26 Å². The molecule has 2 aromatic rings. The molecule has 106 valence electrons. The lowest BCUT2D eigenvalue weighted by molar-refractivity contribution is 0.0973. The third kappa shape index (κ3) is 2.92. The minimum absolute atomic E-state index is 0.396. The second-order valence-corrected chi connectivity index (χ2v) is 4.22. The first-order valence-electron chi connectivity index (χ1n) is 5.78. The van der Waals surface area contributed by atoms with Crippen molar-refractivity contribution in [3.8, 4) is 6.07 Å². The molecule has 0 aliphatic rings. The first-order chi connectivity index (χ1) is 9.93. The van der Waals surface area contributed by atoms with E-state index in [-0.39, 0.29) is 0 Å². The standard InChI is InChI=1S/C15H7F4NO/c16-8-2-4-13(18)11(5-8)15(21)12(7-20)10-3-1-9(17)6-14(10)19/h1-6,12H. The molecule has 0 heterocycles. The molecule has 0 saturated carbocycles. The predicted molar refractivity (Wildman–Crippen MR) is 65.4 cm³/mol. The van der Waals surface area contributed by atoms with E-state index in [4.69, 9.17) is 5.26 Å². The number of Topliss-reactive ketones (excluding diaryl/α,β-unsaturated/α-hetero) is 1. The highest BCUT2D eigenvalue weighted by atomic mass is 19.1. The molecule has 2 nitrogen and oxygen atoms in total. The van der Waals surface area contributed by atoms with Crippen molar-refractivity contribution < 1.29 is 22.4 Å². The molecule has 0 bridgehead atoms. The fourth-order valence-electron chi connectivity index (χ4n) is 1.85. The van der Waals surface area contributed by atoms with Gasteiger partial charge in [-0.05, 0) is 24.3 Å². The number of carbonyl (C=O) groups excluding carboxylic acids is 1. The molecule has 0 saturated heterocycles. The van der Waals surface area contributed by atoms with Gasteiger partial charge in [-0.25, -0.2) is 17.6 Å². The second kappa shape index (κ2) is 5.75. The predicted octanol–water partition coefficient (Wildman–Crippen LogP) is 3.73. The monoisotopic (exact) mass is 293 g/mol. The van der Waals surface area contributed by atoms with Crippen LogP contribution in [-0.2, 0) is 0 Å². The Bertz CT molecular complexity index is 752. The molecular formula is C15H7F4NO. The molecule has 1 atom stereocenters. The van der Waals surface area contributed by atoms with Crippen molar-refractivity contribution in [2.75, 3.05) is 0 Å². The topological polar surface area (TPSA) is 40.9 Å². The minimum atomic E-state index is -1.69. The van der Waals surface area contributed by atoms with Gasteiger partial charge in [0.2, 0.25) is 0 Å². The fraction of sp³-hybridized carbons (Fsp3) is 0.0667. The number of rotatable bonds is 3. The summed E-state index contributed by atoms with van der Waals surface area (Å²) in [7, 11) is 0. The number of hydrogen-bond acceptors (Lipinski definition) is 2. The molecule has 0 fully saturated rings. The van der Waals surface area contributed by atoms with Gasteiger partial charge in [-0.3, -0.25) is 4.79 Å². The van der Waals surface area contributed by atoms with Gasteiger partial charge in [-0.1, -0.05) is 6.07 Å². The van der Waals surface area contributed by atoms with Gasteiger partial charge in [0.15, 0.2) is 5.78 Å². The van der Waals surface area contributed by atoms with Crippen LogP contribution < -0.4 is 0 Å². The van der Waals surface area contributed by atoms with E-state index in [1.807, 2.05) is 0 Å². The highest BCUT2D eigenvalue weighted by molar-refractivity contribution is 6.03. The Morgan fingerprint density at radius 3 is 2.19 bits per heavy atom. The molecule has 6 heteroatoms.